The second kappa shape index (κ2) is 9.22. The van der Waals surface area contributed by atoms with Crippen molar-refractivity contribution in [1.82, 2.24) is 4.90 Å². The van der Waals surface area contributed by atoms with Crippen molar-refractivity contribution in [3.05, 3.63) is 64.2 Å². The number of aryl methyl sites for hydroxylation is 1. The maximum absolute atomic E-state index is 13.0. The molecule has 0 aliphatic carbocycles. The predicted molar refractivity (Wildman–Crippen MR) is 111 cm³/mol. The number of benzene rings is 2. The number of carbonyl (C=O) groups is 2. The molecule has 3 rings (SSSR count). The van der Waals surface area contributed by atoms with Crippen LogP contribution in [0.15, 0.2) is 42.5 Å². The number of carbonyl (C=O) groups excluding carboxylic acids is 2. The molecule has 1 aliphatic heterocycles. The number of halogens is 1. The second-order valence-corrected chi connectivity index (χ2v) is 7.56. The van der Waals surface area contributed by atoms with Gasteiger partial charge in [0.25, 0.3) is 5.91 Å². The minimum absolute atomic E-state index is 0.0330. The molecule has 1 saturated heterocycles. The van der Waals surface area contributed by atoms with Gasteiger partial charge in [-0.05, 0) is 68.1 Å². The van der Waals surface area contributed by atoms with E-state index in [1.165, 1.54) is 0 Å². The minimum atomic E-state index is -0.228. The highest BCUT2D eigenvalue weighted by Crippen LogP contribution is 2.19. The van der Waals surface area contributed by atoms with Crippen molar-refractivity contribution in [2.75, 3.05) is 25.0 Å². The fourth-order valence-electron chi connectivity index (χ4n) is 3.28. The summed E-state index contributed by atoms with van der Waals surface area (Å²) in [6.07, 6.45) is 1.83. The fraction of sp³-hybridized carbons (Fsp3) is 0.364. The van der Waals surface area contributed by atoms with E-state index in [0.29, 0.717) is 23.7 Å². The van der Waals surface area contributed by atoms with Crippen LogP contribution in [0.2, 0.25) is 5.02 Å². The molecule has 0 spiro atoms. The Morgan fingerprint density at radius 2 is 1.93 bits per heavy atom. The Kier molecular flexibility index (Phi) is 6.70. The Morgan fingerprint density at radius 3 is 2.61 bits per heavy atom. The Morgan fingerprint density at radius 1 is 1.18 bits per heavy atom. The van der Waals surface area contributed by atoms with Crippen molar-refractivity contribution in [2.45, 2.75) is 32.8 Å². The molecule has 2 amide bonds. The van der Waals surface area contributed by atoms with Gasteiger partial charge in [-0.2, -0.15) is 0 Å². The van der Waals surface area contributed by atoms with Gasteiger partial charge in [0.05, 0.1) is 6.10 Å². The number of ether oxygens (including phenoxy) is 1. The number of anilines is 1. The van der Waals surface area contributed by atoms with Crippen LogP contribution < -0.4 is 5.32 Å². The molecule has 0 radical (unpaired) electrons. The van der Waals surface area contributed by atoms with Gasteiger partial charge < -0.3 is 15.0 Å². The molecule has 1 fully saturated rings. The topological polar surface area (TPSA) is 58.6 Å². The molecule has 1 atom stereocenters. The van der Waals surface area contributed by atoms with E-state index in [2.05, 4.69) is 5.32 Å². The highest BCUT2D eigenvalue weighted by molar-refractivity contribution is 6.30. The molecule has 6 heteroatoms. The standard InChI is InChI=1S/C22H25ClN2O3/c1-15-5-3-7-20(16(15)2)24-21(26)14-25(13-19-6-4-12-28-19)22(27)17-8-10-18(23)11-9-17/h3,5,7-11,19H,4,6,12-14H2,1-2H3,(H,24,26). The number of amides is 2. The molecule has 0 saturated carbocycles. The van der Waals surface area contributed by atoms with Crippen molar-refractivity contribution in [3.63, 3.8) is 0 Å². The lowest BCUT2D eigenvalue weighted by Gasteiger charge is -2.25. The van der Waals surface area contributed by atoms with Crippen LogP contribution in [0.3, 0.4) is 0 Å². The monoisotopic (exact) mass is 400 g/mol. The molecule has 2 aromatic carbocycles. The molecule has 1 N–H and O–H groups in total. The number of nitrogens with zero attached hydrogens (tertiary/aromatic N) is 1. The molecule has 0 bridgehead atoms. The highest BCUT2D eigenvalue weighted by Gasteiger charge is 2.25. The zero-order chi connectivity index (χ0) is 20.1. The van der Waals surface area contributed by atoms with E-state index in [0.717, 1.165) is 29.7 Å². The first-order valence-electron chi connectivity index (χ1n) is 9.46. The van der Waals surface area contributed by atoms with Crippen LogP contribution >= 0.6 is 11.6 Å². The third-order valence-electron chi connectivity index (χ3n) is 5.04. The molecule has 0 aromatic heterocycles. The van der Waals surface area contributed by atoms with Crippen molar-refractivity contribution in [2.24, 2.45) is 0 Å². The normalized spacial score (nSPS) is 16.0. The number of nitrogens with one attached hydrogen (secondary N) is 1. The summed E-state index contributed by atoms with van der Waals surface area (Å²) in [5.41, 5.74) is 3.39. The SMILES string of the molecule is Cc1cccc(NC(=O)CN(CC2CCCO2)C(=O)c2ccc(Cl)cc2)c1C. The summed E-state index contributed by atoms with van der Waals surface area (Å²) < 4.78 is 5.68. The van der Waals surface area contributed by atoms with Crippen LogP contribution in [0.4, 0.5) is 5.69 Å². The van der Waals surface area contributed by atoms with Gasteiger partial charge in [-0.1, -0.05) is 23.7 Å². The van der Waals surface area contributed by atoms with E-state index < -0.39 is 0 Å². The van der Waals surface area contributed by atoms with E-state index in [1.807, 2.05) is 32.0 Å². The van der Waals surface area contributed by atoms with Gasteiger partial charge in [-0.3, -0.25) is 9.59 Å². The molecular formula is C22H25ClN2O3. The fourth-order valence-corrected chi connectivity index (χ4v) is 3.40. The van der Waals surface area contributed by atoms with Gasteiger partial charge in [0.2, 0.25) is 5.91 Å². The predicted octanol–water partition coefficient (Wildman–Crippen LogP) is 4.22. The van der Waals surface area contributed by atoms with Gasteiger partial charge in [0.15, 0.2) is 0 Å². The Hall–Kier alpha value is -2.37. The third kappa shape index (κ3) is 5.12. The molecule has 28 heavy (non-hydrogen) atoms. The largest absolute Gasteiger partial charge is 0.376 e. The lowest BCUT2D eigenvalue weighted by atomic mass is 10.1. The summed E-state index contributed by atoms with van der Waals surface area (Å²) in [5, 5.41) is 3.49. The first-order valence-corrected chi connectivity index (χ1v) is 9.84. The summed E-state index contributed by atoms with van der Waals surface area (Å²) in [6, 6.07) is 12.5. The van der Waals surface area contributed by atoms with Crippen molar-refractivity contribution in [3.8, 4) is 0 Å². The van der Waals surface area contributed by atoms with E-state index in [1.54, 1.807) is 29.2 Å². The van der Waals surface area contributed by atoms with Crippen molar-refractivity contribution in [1.29, 1.82) is 0 Å². The van der Waals surface area contributed by atoms with Gasteiger partial charge in [0.1, 0.15) is 6.54 Å². The summed E-state index contributed by atoms with van der Waals surface area (Å²) in [4.78, 5) is 27.2. The lowest BCUT2D eigenvalue weighted by molar-refractivity contribution is -0.117. The Balaban J connectivity index is 1.74. The van der Waals surface area contributed by atoms with Crippen LogP contribution in [0, 0.1) is 13.8 Å². The first-order chi connectivity index (χ1) is 13.4. The average molecular weight is 401 g/mol. The second-order valence-electron chi connectivity index (χ2n) is 7.12. The summed E-state index contributed by atoms with van der Waals surface area (Å²) >= 11 is 5.93. The van der Waals surface area contributed by atoms with Crippen LogP contribution in [-0.2, 0) is 9.53 Å². The quantitative estimate of drug-likeness (QED) is 0.789. The summed E-state index contributed by atoms with van der Waals surface area (Å²) in [6.45, 7) is 5.02. The lowest BCUT2D eigenvalue weighted by Crippen LogP contribution is -2.42. The molecule has 148 valence electrons. The van der Waals surface area contributed by atoms with Gasteiger partial charge in [0, 0.05) is 29.4 Å². The Bertz CT molecular complexity index is 845. The highest BCUT2D eigenvalue weighted by atomic mass is 35.5. The molecule has 5 nitrogen and oxygen atoms in total. The van der Waals surface area contributed by atoms with Gasteiger partial charge in [-0.15, -0.1) is 0 Å². The molecule has 1 unspecified atom stereocenters. The van der Waals surface area contributed by atoms with Crippen LogP contribution in [0.25, 0.3) is 0 Å². The molecule has 1 aliphatic rings. The molecule has 2 aromatic rings. The van der Waals surface area contributed by atoms with Gasteiger partial charge >= 0.3 is 0 Å². The third-order valence-corrected chi connectivity index (χ3v) is 5.29. The van der Waals surface area contributed by atoms with Gasteiger partial charge in [-0.25, -0.2) is 0 Å². The first kappa shape index (κ1) is 20.4. The van der Waals surface area contributed by atoms with Crippen LogP contribution in [0.1, 0.15) is 34.3 Å². The van der Waals surface area contributed by atoms with E-state index in [4.69, 9.17) is 16.3 Å². The zero-order valence-electron chi connectivity index (χ0n) is 16.2. The minimum Gasteiger partial charge on any atom is -0.376 e. The zero-order valence-corrected chi connectivity index (χ0v) is 17.0. The van der Waals surface area contributed by atoms with Crippen molar-refractivity contribution >= 4 is 29.1 Å². The van der Waals surface area contributed by atoms with E-state index >= 15 is 0 Å². The van der Waals surface area contributed by atoms with Crippen molar-refractivity contribution < 1.29 is 14.3 Å². The van der Waals surface area contributed by atoms with Crippen LogP contribution in [0.5, 0.6) is 0 Å². The smallest absolute Gasteiger partial charge is 0.254 e. The molecule has 1 heterocycles. The summed E-state index contributed by atoms with van der Waals surface area (Å²) in [7, 11) is 0. The average Bonchev–Trinajstić information content (AvgIpc) is 3.18. The Labute approximate surface area is 170 Å². The molecular weight excluding hydrogens is 376 g/mol. The maximum Gasteiger partial charge on any atom is 0.254 e. The number of hydrogen-bond donors (Lipinski definition) is 1. The summed E-state index contributed by atoms with van der Waals surface area (Å²) in [5.74, 6) is -0.433. The van der Waals surface area contributed by atoms with E-state index in [9.17, 15) is 9.59 Å². The van der Waals surface area contributed by atoms with E-state index in [-0.39, 0.29) is 24.5 Å². The van der Waals surface area contributed by atoms with Crippen LogP contribution in [-0.4, -0.2) is 42.5 Å². The number of rotatable bonds is 6. The number of hydrogen-bond acceptors (Lipinski definition) is 3. The maximum atomic E-state index is 13.0.